The third-order valence-corrected chi connectivity index (χ3v) is 3.90. The second kappa shape index (κ2) is 8.29. The Morgan fingerprint density at radius 2 is 2.09 bits per heavy atom. The van der Waals surface area contributed by atoms with Crippen molar-refractivity contribution in [1.29, 1.82) is 0 Å². The lowest BCUT2D eigenvalue weighted by Crippen LogP contribution is -2.39. The van der Waals surface area contributed by atoms with Crippen LogP contribution in [0.5, 0.6) is 0 Å². The number of hydrogen-bond acceptors (Lipinski definition) is 4. The van der Waals surface area contributed by atoms with Crippen LogP contribution in [0, 0.1) is 0 Å². The van der Waals surface area contributed by atoms with E-state index in [1.54, 1.807) is 0 Å². The Hall–Kier alpha value is -1.62. The fraction of sp³-hybridized carbons (Fsp3) is 0.667. The lowest BCUT2D eigenvalue weighted by Gasteiger charge is -2.26. The molecule has 0 saturated carbocycles. The summed E-state index contributed by atoms with van der Waals surface area (Å²) in [6, 6.07) is 4.11. The standard InChI is InChI=1S/C18H29N3O2/c1-18(2,3)23-17(22)21-12-6-11-20(13-14-21)10-5-8-16-7-4-9-19-15-16/h4,7,9,15H,5-6,8,10-14H2,1-3H3. The number of amides is 1. The summed E-state index contributed by atoms with van der Waals surface area (Å²) in [5.74, 6) is 0. The molecule has 1 saturated heterocycles. The predicted molar refractivity (Wildman–Crippen MR) is 91.4 cm³/mol. The molecule has 0 N–H and O–H groups in total. The number of aromatic nitrogens is 1. The normalized spacial score (nSPS) is 16.9. The summed E-state index contributed by atoms with van der Waals surface area (Å²) in [5, 5.41) is 0. The third kappa shape index (κ3) is 6.57. The summed E-state index contributed by atoms with van der Waals surface area (Å²) in [4.78, 5) is 20.6. The van der Waals surface area contributed by atoms with Crippen molar-refractivity contribution in [1.82, 2.24) is 14.8 Å². The molecule has 0 spiro atoms. The molecule has 1 fully saturated rings. The Kier molecular flexibility index (Phi) is 6.39. The minimum Gasteiger partial charge on any atom is -0.444 e. The van der Waals surface area contributed by atoms with Crippen LogP contribution >= 0.6 is 0 Å². The molecule has 128 valence electrons. The van der Waals surface area contributed by atoms with Gasteiger partial charge in [0, 0.05) is 32.0 Å². The number of nitrogens with zero attached hydrogens (tertiary/aromatic N) is 3. The second-order valence-electron chi connectivity index (χ2n) is 7.13. The van der Waals surface area contributed by atoms with Crippen LogP contribution in [0.4, 0.5) is 4.79 Å². The zero-order valence-electron chi connectivity index (χ0n) is 14.6. The molecule has 0 atom stereocenters. The molecule has 2 heterocycles. The first-order valence-corrected chi connectivity index (χ1v) is 8.53. The van der Waals surface area contributed by atoms with Crippen LogP contribution in [-0.4, -0.2) is 59.2 Å². The Labute approximate surface area is 139 Å². The van der Waals surface area contributed by atoms with E-state index in [1.165, 1.54) is 5.56 Å². The maximum atomic E-state index is 12.2. The first-order valence-electron chi connectivity index (χ1n) is 8.53. The molecule has 5 nitrogen and oxygen atoms in total. The van der Waals surface area contributed by atoms with Crippen molar-refractivity contribution in [2.24, 2.45) is 0 Å². The molecule has 1 aromatic rings. The third-order valence-electron chi connectivity index (χ3n) is 3.90. The van der Waals surface area contributed by atoms with E-state index in [4.69, 9.17) is 4.74 Å². The average molecular weight is 319 g/mol. The molecule has 1 aliphatic heterocycles. The summed E-state index contributed by atoms with van der Waals surface area (Å²) in [6.07, 6.45) is 6.75. The van der Waals surface area contributed by atoms with Gasteiger partial charge in [0.15, 0.2) is 0 Å². The molecule has 23 heavy (non-hydrogen) atoms. The fourth-order valence-electron chi connectivity index (χ4n) is 2.76. The summed E-state index contributed by atoms with van der Waals surface area (Å²) < 4.78 is 5.47. The summed E-state index contributed by atoms with van der Waals surface area (Å²) in [5.41, 5.74) is 0.866. The van der Waals surface area contributed by atoms with Crippen molar-refractivity contribution in [3.63, 3.8) is 0 Å². The Balaban J connectivity index is 1.72. The van der Waals surface area contributed by atoms with Gasteiger partial charge in [0.1, 0.15) is 5.60 Å². The smallest absolute Gasteiger partial charge is 0.410 e. The number of pyridine rings is 1. The van der Waals surface area contributed by atoms with Gasteiger partial charge in [-0.25, -0.2) is 4.79 Å². The Bertz CT molecular complexity index is 485. The molecule has 0 unspecified atom stereocenters. The van der Waals surface area contributed by atoms with Crippen LogP contribution in [0.15, 0.2) is 24.5 Å². The van der Waals surface area contributed by atoms with E-state index in [2.05, 4.69) is 16.0 Å². The van der Waals surface area contributed by atoms with E-state index in [0.717, 1.165) is 52.0 Å². The van der Waals surface area contributed by atoms with Crippen molar-refractivity contribution in [2.75, 3.05) is 32.7 Å². The highest BCUT2D eigenvalue weighted by Gasteiger charge is 2.24. The van der Waals surface area contributed by atoms with Crippen molar-refractivity contribution < 1.29 is 9.53 Å². The van der Waals surface area contributed by atoms with Crippen LogP contribution < -0.4 is 0 Å². The van der Waals surface area contributed by atoms with Gasteiger partial charge in [-0.2, -0.15) is 0 Å². The molecule has 0 bridgehead atoms. The van der Waals surface area contributed by atoms with Gasteiger partial charge in [-0.05, 0) is 64.8 Å². The molecule has 1 amide bonds. The first kappa shape index (κ1) is 17.7. The summed E-state index contributed by atoms with van der Waals surface area (Å²) in [6.45, 7) is 10.3. The molecule has 2 rings (SSSR count). The van der Waals surface area contributed by atoms with Crippen LogP contribution in [0.25, 0.3) is 0 Å². The lowest BCUT2D eigenvalue weighted by atomic mass is 10.1. The number of ether oxygens (including phenoxy) is 1. The second-order valence-corrected chi connectivity index (χ2v) is 7.13. The minimum atomic E-state index is -0.424. The van der Waals surface area contributed by atoms with Crippen molar-refractivity contribution in [3.8, 4) is 0 Å². The first-order chi connectivity index (χ1) is 10.9. The van der Waals surface area contributed by atoms with E-state index >= 15 is 0 Å². The van der Waals surface area contributed by atoms with Crippen LogP contribution in [-0.2, 0) is 11.2 Å². The molecule has 1 aliphatic rings. The van der Waals surface area contributed by atoms with E-state index in [-0.39, 0.29) is 6.09 Å². The highest BCUT2D eigenvalue weighted by molar-refractivity contribution is 5.68. The van der Waals surface area contributed by atoms with Gasteiger partial charge < -0.3 is 14.5 Å². The van der Waals surface area contributed by atoms with Gasteiger partial charge >= 0.3 is 6.09 Å². The van der Waals surface area contributed by atoms with E-state index in [0.29, 0.717) is 0 Å². The SMILES string of the molecule is CC(C)(C)OC(=O)N1CCCN(CCCc2cccnc2)CC1. The van der Waals surface area contributed by atoms with Gasteiger partial charge in [-0.1, -0.05) is 6.07 Å². The Morgan fingerprint density at radius 1 is 1.26 bits per heavy atom. The van der Waals surface area contributed by atoms with Crippen LogP contribution in [0.2, 0.25) is 0 Å². The van der Waals surface area contributed by atoms with E-state index in [1.807, 2.05) is 44.1 Å². The average Bonchev–Trinajstić information content (AvgIpc) is 2.72. The molecule has 5 heteroatoms. The molecule has 1 aromatic heterocycles. The Morgan fingerprint density at radius 3 is 2.78 bits per heavy atom. The summed E-state index contributed by atoms with van der Waals surface area (Å²) >= 11 is 0. The quantitative estimate of drug-likeness (QED) is 0.856. The maximum Gasteiger partial charge on any atom is 0.410 e. The maximum absolute atomic E-state index is 12.2. The number of carbonyl (C=O) groups excluding carboxylic acids is 1. The van der Waals surface area contributed by atoms with Gasteiger partial charge in [0.25, 0.3) is 0 Å². The number of carbonyl (C=O) groups is 1. The predicted octanol–water partition coefficient (Wildman–Crippen LogP) is 2.96. The van der Waals surface area contributed by atoms with Gasteiger partial charge in [-0.3, -0.25) is 4.98 Å². The zero-order chi connectivity index (χ0) is 16.7. The van der Waals surface area contributed by atoms with E-state index in [9.17, 15) is 4.79 Å². The zero-order valence-corrected chi connectivity index (χ0v) is 14.6. The van der Waals surface area contributed by atoms with Crippen LogP contribution in [0.3, 0.4) is 0 Å². The van der Waals surface area contributed by atoms with Crippen molar-refractivity contribution in [2.45, 2.75) is 45.6 Å². The monoisotopic (exact) mass is 319 g/mol. The van der Waals surface area contributed by atoms with Crippen molar-refractivity contribution >= 4 is 6.09 Å². The van der Waals surface area contributed by atoms with Crippen molar-refractivity contribution in [3.05, 3.63) is 30.1 Å². The summed E-state index contributed by atoms with van der Waals surface area (Å²) in [7, 11) is 0. The number of aryl methyl sites for hydroxylation is 1. The highest BCUT2D eigenvalue weighted by atomic mass is 16.6. The molecular weight excluding hydrogens is 290 g/mol. The fourth-order valence-corrected chi connectivity index (χ4v) is 2.76. The minimum absolute atomic E-state index is 0.185. The lowest BCUT2D eigenvalue weighted by molar-refractivity contribution is 0.0257. The highest BCUT2D eigenvalue weighted by Crippen LogP contribution is 2.12. The number of hydrogen-bond donors (Lipinski definition) is 0. The van der Waals surface area contributed by atoms with Crippen LogP contribution in [0.1, 0.15) is 39.2 Å². The largest absolute Gasteiger partial charge is 0.444 e. The molecular formula is C18H29N3O2. The van der Waals surface area contributed by atoms with E-state index < -0.39 is 5.60 Å². The van der Waals surface area contributed by atoms with Gasteiger partial charge in [-0.15, -0.1) is 0 Å². The van der Waals surface area contributed by atoms with Gasteiger partial charge in [0.2, 0.25) is 0 Å². The molecule has 0 radical (unpaired) electrons. The number of rotatable bonds is 4. The topological polar surface area (TPSA) is 45.7 Å². The van der Waals surface area contributed by atoms with Gasteiger partial charge in [0.05, 0.1) is 0 Å². The molecule has 0 aliphatic carbocycles. The molecule has 0 aromatic carbocycles.